The number of hydrogen-bond acceptors (Lipinski definition) is 2. The van der Waals surface area contributed by atoms with Gasteiger partial charge in [0.2, 0.25) is 0 Å². The normalized spacial score (nSPS) is 14.9. The third-order valence-electron chi connectivity index (χ3n) is 3.14. The molecule has 1 aliphatic carbocycles. The van der Waals surface area contributed by atoms with E-state index in [1.54, 1.807) is 0 Å². The summed E-state index contributed by atoms with van der Waals surface area (Å²) in [5.41, 5.74) is 2.11. The van der Waals surface area contributed by atoms with E-state index >= 15 is 0 Å². The summed E-state index contributed by atoms with van der Waals surface area (Å²) < 4.78 is 0. The first-order valence-corrected chi connectivity index (χ1v) is 6.72. The molecule has 4 heteroatoms. The van der Waals surface area contributed by atoms with Gasteiger partial charge >= 0.3 is 0 Å². The first-order valence-electron chi connectivity index (χ1n) is 6.34. The topological polar surface area (TPSA) is 40.7 Å². The predicted molar refractivity (Wildman–Crippen MR) is 73.8 cm³/mol. The van der Waals surface area contributed by atoms with Crippen LogP contribution in [0.2, 0.25) is 5.02 Å². The van der Waals surface area contributed by atoms with Crippen LogP contribution >= 0.6 is 11.6 Å². The van der Waals surface area contributed by atoms with Crippen LogP contribution in [0.3, 0.4) is 0 Å². The third kappa shape index (κ3) is 2.92. The van der Waals surface area contributed by atoms with Gasteiger partial charge in [-0.25, -0.2) is 4.98 Å². The fourth-order valence-corrected chi connectivity index (χ4v) is 2.16. The van der Waals surface area contributed by atoms with Gasteiger partial charge in [0.25, 0.3) is 0 Å². The molecular formula is C14H16ClN3. The maximum atomic E-state index is 5.98. The molecule has 0 amide bonds. The number of halogens is 1. The molecular weight excluding hydrogens is 246 g/mol. The van der Waals surface area contributed by atoms with Gasteiger partial charge in [-0.3, -0.25) is 0 Å². The maximum absolute atomic E-state index is 5.98. The van der Waals surface area contributed by atoms with E-state index in [0.29, 0.717) is 0 Å². The van der Waals surface area contributed by atoms with E-state index in [1.807, 2.05) is 30.5 Å². The van der Waals surface area contributed by atoms with Gasteiger partial charge in [-0.05, 0) is 25.0 Å². The van der Waals surface area contributed by atoms with Gasteiger partial charge in [0.05, 0.1) is 11.9 Å². The van der Waals surface area contributed by atoms with Crippen molar-refractivity contribution < 1.29 is 0 Å². The summed E-state index contributed by atoms with van der Waals surface area (Å²) >= 11 is 5.98. The summed E-state index contributed by atoms with van der Waals surface area (Å²) in [4.78, 5) is 7.74. The molecule has 0 bridgehead atoms. The lowest BCUT2D eigenvalue weighted by Crippen LogP contribution is -2.19. The number of aromatic nitrogens is 2. The molecule has 2 aromatic rings. The summed E-state index contributed by atoms with van der Waals surface area (Å²) in [6.07, 6.45) is 5.47. The van der Waals surface area contributed by atoms with Crippen LogP contribution in [0, 0.1) is 0 Å². The average molecular weight is 262 g/mol. The second kappa shape index (κ2) is 5.12. The third-order valence-corrected chi connectivity index (χ3v) is 3.37. The van der Waals surface area contributed by atoms with E-state index in [4.69, 9.17) is 11.6 Å². The maximum Gasteiger partial charge on any atom is 0.107 e. The van der Waals surface area contributed by atoms with Gasteiger partial charge in [-0.15, -0.1) is 0 Å². The fourth-order valence-electron chi connectivity index (χ4n) is 1.97. The average Bonchev–Trinajstić information content (AvgIpc) is 3.06. The number of H-pyrrole nitrogens is 1. The second-order valence-electron chi connectivity index (χ2n) is 4.73. The molecule has 94 valence electrons. The molecule has 1 heterocycles. The highest BCUT2D eigenvalue weighted by Crippen LogP contribution is 2.21. The van der Waals surface area contributed by atoms with Gasteiger partial charge < -0.3 is 10.3 Å². The SMILES string of the molecule is Clc1cccc(-c2cnc(CCNC3CC3)[nH]2)c1. The lowest BCUT2D eigenvalue weighted by atomic mass is 10.2. The van der Waals surface area contributed by atoms with Gasteiger partial charge in [-0.2, -0.15) is 0 Å². The Morgan fingerprint density at radius 2 is 2.28 bits per heavy atom. The minimum absolute atomic E-state index is 0.749. The van der Waals surface area contributed by atoms with Crippen molar-refractivity contribution in [2.45, 2.75) is 25.3 Å². The summed E-state index contributed by atoms with van der Waals surface area (Å²) in [5, 5.41) is 4.23. The fraction of sp³-hybridized carbons (Fsp3) is 0.357. The van der Waals surface area contributed by atoms with Gasteiger partial charge in [0.15, 0.2) is 0 Å². The van der Waals surface area contributed by atoms with Crippen molar-refractivity contribution in [1.82, 2.24) is 15.3 Å². The molecule has 0 spiro atoms. The van der Waals surface area contributed by atoms with E-state index in [1.165, 1.54) is 12.8 Å². The lowest BCUT2D eigenvalue weighted by Gasteiger charge is -2.00. The molecule has 1 fully saturated rings. The van der Waals surface area contributed by atoms with E-state index in [2.05, 4.69) is 15.3 Å². The van der Waals surface area contributed by atoms with Crippen molar-refractivity contribution in [3.05, 3.63) is 41.3 Å². The Morgan fingerprint density at radius 3 is 3.06 bits per heavy atom. The lowest BCUT2D eigenvalue weighted by molar-refractivity contribution is 0.669. The second-order valence-corrected chi connectivity index (χ2v) is 5.17. The van der Waals surface area contributed by atoms with Crippen LogP contribution in [0.4, 0.5) is 0 Å². The summed E-state index contributed by atoms with van der Waals surface area (Å²) in [5.74, 6) is 1.03. The standard InChI is InChI=1S/C14H16ClN3/c15-11-3-1-2-10(8-11)13-9-17-14(18-13)6-7-16-12-4-5-12/h1-3,8-9,12,16H,4-7H2,(H,17,18). The Hall–Kier alpha value is -1.32. The highest BCUT2D eigenvalue weighted by Gasteiger charge is 2.19. The molecule has 3 rings (SSSR count). The van der Waals surface area contributed by atoms with Gasteiger partial charge in [0, 0.05) is 29.6 Å². The van der Waals surface area contributed by atoms with Crippen molar-refractivity contribution >= 4 is 11.6 Å². The molecule has 0 atom stereocenters. The van der Waals surface area contributed by atoms with Crippen LogP contribution in [-0.4, -0.2) is 22.6 Å². The quantitative estimate of drug-likeness (QED) is 0.869. The molecule has 18 heavy (non-hydrogen) atoms. The number of benzene rings is 1. The number of nitrogens with zero attached hydrogens (tertiary/aromatic N) is 1. The highest BCUT2D eigenvalue weighted by atomic mass is 35.5. The Balaban J connectivity index is 1.64. The van der Waals surface area contributed by atoms with Crippen LogP contribution < -0.4 is 5.32 Å². The van der Waals surface area contributed by atoms with Crippen LogP contribution in [0.25, 0.3) is 11.3 Å². The Kier molecular flexibility index (Phi) is 3.35. The van der Waals surface area contributed by atoms with Crippen LogP contribution in [0.1, 0.15) is 18.7 Å². The van der Waals surface area contributed by atoms with Crippen molar-refractivity contribution in [1.29, 1.82) is 0 Å². The molecule has 0 unspecified atom stereocenters. The monoisotopic (exact) mass is 261 g/mol. The number of nitrogens with one attached hydrogen (secondary N) is 2. The van der Waals surface area contributed by atoms with Crippen molar-refractivity contribution in [2.75, 3.05) is 6.54 Å². The van der Waals surface area contributed by atoms with Crippen molar-refractivity contribution in [3.8, 4) is 11.3 Å². The van der Waals surface area contributed by atoms with Gasteiger partial charge in [0.1, 0.15) is 5.82 Å². The molecule has 1 saturated carbocycles. The van der Waals surface area contributed by atoms with E-state index < -0.39 is 0 Å². The molecule has 0 aliphatic heterocycles. The Labute approximate surface area is 112 Å². The van der Waals surface area contributed by atoms with Crippen LogP contribution in [0.15, 0.2) is 30.5 Å². The first kappa shape index (κ1) is 11.8. The zero-order valence-electron chi connectivity index (χ0n) is 10.1. The van der Waals surface area contributed by atoms with Crippen LogP contribution in [-0.2, 0) is 6.42 Å². The number of imidazole rings is 1. The van der Waals surface area contributed by atoms with E-state index in [-0.39, 0.29) is 0 Å². The van der Waals surface area contributed by atoms with E-state index in [9.17, 15) is 0 Å². The summed E-state index contributed by atoms with van der Waals surface area (Å²) in [6, 6.07) is 8.56. The Bertz CT molecular complexity index is 531. The minimum atomic E-state index is 0.749. The summed E-state index contributed by atoms with van der Waals surface area (Å²) in [7, 11) is 0. The molecule has 0 radical (unpaired) electrons. The van der Waals surface area contributed by atoms with Gasteiger partial charge in [-0.1, -0.05) is 23.7 Å². The number of aromatic amines is 1. The van der Waals surface area contributed by atoms with Crippen molar-refractivity contribution in [3.63, 3.8) is 0 Å². The molecule has 0 saturated heterocycles. The molecule has 1 aromatic heterocycles. The smallest absolute Gasteiger partial charge is 0.107 e. The number of hydrogen-bond donors (Lipinski definition) is 2. The molecule has 1 aromatic carbocycles. The zero-order chi connectivity index (χ0) is 12.4. The molecule has 3 nitrogen and oxygen atoms in total. The van der Waals surface area contributed by atoms with E-state index in [0.717, 1.165) is 41.1 Å². The number of rotatable bonds is 5. The highest BCUT2D eigenvalue weighted by molar-refractivity contribution is 6.30. The zero-order valence-corrected chi connectivity index (χ0v) is 10.9. The van der Waals surface area contributed by atoms with Crippen molar-refractivity contribution in [2.24, 2.45) is 0 Å². The Morgan fingerprint density at radius 1 is 1.39 bits per heavy atom. The first-order chi connectivity index (χ1) is 8.81. The molecule has 1 aliphatic rings. The molecule has 2 N–H and O–H groups in total. The van der Waals surface area contributed by atoms with Crippen LogP contribution in [0.5, 0.6) is 0 Å². The predicted octanol–water partition coefficient (Wildman–Crippen LogP) is 3.02. The summed E-state index contributed by atoms with van der Waals surface area (Å²) in [6.45, 7) is 0.993. The largest absolute Gasteiger partial charge is 0.342 e. The minimum Gasteiger partial charge on any atom is -0.342 e.